The molecule has 0 atom stereocenters. The molecule has 0 heterocycles. The number of hydrogen-bond donors (Lipinski definition) is 1. The lowest BCUT2D eigenvalue weighted by atomic mass is 10.6. The van der Waals surface area contributed by atoms with Crippen LogP contribution < -0.4 is 5.32 Å². The van der Waals surface area contributed by atoms with E-state index in [4.69, 9.17) is 11.6 Å². The van der Waals surface area contributed by atoms with Crippen LogP contribution in [0.5, 0.6) is 0 Å². The fourth-order valence-electron chi connectivity index (χ4n) is 0.662. The van der Waals surface area contributed by atoms with Crippen LogP contribution in [0, 0.1) is 0 Å². The molecule has 0 rings (SSSR count). The topological polar surface area (TPSA) is 49.4 Å². The van der Waals surface area contributed by atoms with Crippen LogP contribution in [-0.4, -0.2) is 51.5 Å². The molecule has 6 heteroatoms. The van der Waals surface area contributed by atoms with Crippen LogP contribution in [0.3, 0.4) is 0 Å². The van der Waals surface area contributed by atoms with Crippen molar-refractivity contribution in [2.24, 2.45) is 0 Å². The Bertz CT molecular complexity index is 206. The first-order valence-electron chi connectivity index (χ1n) is 3.69. The molecule has 0 aromatic heterocycles. The summed E-state index contributed by atoms with van der Waals surface area (Å²) in [6.07, 6.45) is 0. The summed E-state index contributed by atoms with van der Waals surface area (Å²) in [4.78, 5) is 0. The van der Waals surface area contributed by atoms with Gasteiger partial charge in [-0.05, 0) is 7.05 Å². The summed E-state index contributed by atoms with van der Waals surface area (Å²) in [5.41, 5.74) is 0. The van der Waals surface area contributed by atoms with Gasteiger partial charge in [-0.15, -0.1) is 11.6 Å². The maximum atomic E-state index is 11.3. The number of hydrogen-bond acceptors (Lipinski definition) is 3. The zero-order valence-electron chi connectivity index (χ0n) is 7.38. The Morgan fingerprint density at radius 1 is 1.50 bits per heavy atom. The summed E-state index contributed by atoms with van der Waals surface area (Å²) in [5, 5.41) is 2.87. The van der Waals surface area contributed by atoms with E-state index in [-0.39, 0.29) is 11.6 Å². The summed E-state index contributed by atoms with van der Waals surface area (Å²) >= 11 is 5.34. The van der Waals surface area contributed by atoms with Crippen molar-refractivity contribution < 1.29 is 8.42 Å². The average molecular weight is 215 g/mol. The lowest BCUT2D eigenvalue weighted by molar-refractivity contribution is 0.467. The second kappa shape index (κ2) is 5.75. The first-order valence-corrected chi connectivity index (χ1v) is 5.83. The highest BCUT2D eigenvalue weighted by atomic mass is 35.5. The van der Waals surface area contributed by atoms with E-state index in [9.17, 15) is 8.42 Å². The second-order valence-corrected chi connectivity index (χ2v) is 5.00. The number of likely N-dealkylation sites (N-methyl/N-ethyl adjacent to an activating group) is 2. The normalized spacial score (nSPS) is 12.3. The molecule has 74 valence electrons. The number of nitrogens with zero attached hydrogens (tertiary/aromatic N) is 1. The van der Waals surface area contributed by atoms with Crippen molar-refractivity contribution in [3.05, 3.63) is 0 Å². The zero-order chi connectivity index (χ0) is 9.61. The van der Waals surface area contributed by atoms with Gasteiger partial charge < -0.3 is 5.32 Å². The van der Waals surface area contributed by atoms with Gasteiger partial charge in [-0.2, -0.15) is 0 Å². The van der Waals surface area contributed by atoms with E-state index in [2.05, 4.69) is 5.32 Å². The molecule has 0 aliphatic carbocycles. The smallest absolute Gasteiger partial charge is 0.215 e. The van der Waals surface area contributed by atoms with Gasteiger partial charge in [0, 0.05) is 26.0 Å². The van der Waals surface area contributed by atoms with Crippen LogP contribution in [0.15, 0.2) is 0 Å². The Morgan fingerprint density at radius 2 is 2.08 bits per heavy atom. The molecule has 0 aliphatic rings. The van der Waals surface area contributed by atoms with Crippen molar-refractivity contribution in [3.8, 4) is 0 Å². The molecular weight excluding hydrogens is 200 g/mol. The summed E-state index contributed by atoms with van der Waals surface area (Å²) < 4.78 is 23.8. The molecule has 0 bridgehead atoms. The number of halogens is 1. The minimum Gasteiger partial charge on any atom is -0.318 e. The largest absolute Gasteiger partial charge is 0.318 e. The van der Waals surface area contributed by atoms with Crippen LogP contribution >= 0.6 is 11.6 Å². The fraction of sp³-hybridized carbons (Fsp3) is 1.00. The zero-order valence-corrected chi connectivity index (χ0v) is 8.95. The molecule has 0 saturated heterocycles. The van der Waals surface area contributed by atoms with E-state index in [0.717, 1.165) is 0 Å². The van der Waals surface area contributed by atoms with Crippen molar-refractivity contribution >= 4 is 21.6 Å². The molecule has 0 spiro atoms. The maximum Gasteiger partial charge on any atom is 0.215 e. The van der Waals surface area contributed by atoms with E-state index in [1.165, 1.54) is 4.31 Å². The molecule has 0 amide bonds. The molecule has 0 unspecified atom stereocenters. The van der Waals surface area contributed by atoms with Gasteiger partial charge in [-0.3, -0.25) is 0 Å². The van der Waals surface area contributed by atoms with Crippen molar-refractivity contribution in [2.75, 3.05) is 38.8 Å². The van der Waals surface area contributed by atoms with Crippen molar-refractivity contribution in [1.29, 1.82) is 0 Å². The van der Waals surface area contributed by atoms with Crippen LogP contribution in [0.1, 0.15) is 0 Å². The molecule has 0 saturated carbocycles. The third-order valence-electron chi connectivity index (χ3n) is 1.49. The fourth-order valence-corrected chi connectivity index (χ4v) is 2.12. The van der Waals surface area contributed by atoms with Crippen molar-refractivity contribution in [1.82, 2.24) is 9.62 Å². The van der Waals surface area contributed by atoms with E-state index in [1.54, 1.807) is 14.1 Å². The summed E-state index contributed by atoms with van der Waals surface area (Å²) in [7, 11) is 0.213. The third kappa shape index (κ3) is 4.25. The minimum absolute atomic E-state index is 0.00870. The predicted octanol–water partition coefficient (Wildman–Crippen LogP) is -0.294. The first-order chi connectivity index (χ1) is 5.54. The second-order valence-electron chi connectivity index (χ2n) is 2.43. The lowest BCUT2D eigenvalue weighted by Crippen LogP contribution is -2.34. The van der Waals surface area contributed by atoms with Gasteiger partial charge in [0.15, 0.2) is 0 Å². The number of alkyl halides is 1. The Hall–Kier alpha value is 0.160. The Morgan fingerprint density at radius 3 is 2.50 bits per heavy atom. The molecule has 1 N–H and O–H groups in total. The molecule has 0 fully saturated rings. The lowest BCUT2D eigenvalue weighted by Gasteiger charge is -2.15. The number of sulfonamides is 1. The van der Waals surface area contributed by atoms with Crippen LogP contribution in [0.25, 0.3) is 0 Å². The van der Waals surface area contributed by atoms with Gasteiger partial charge in [0.2, 0.25) is 10.0 Å². The van der Waals surface area contributed by atoms with Crippen LogP contribution in [-0.2, 0) is 10.0 Å². The SMILES string of the molecule is CNCCN(C)S(=O)(=O)CCCl. The molecule has 12 heavy (non-hydrogen) atoms. The average Bonchev–Trinajstić information content (AvgIpc) is 2.00. The predicted molar refractivity (Wildman–Crippen MR) is 51.1 cm³/mol. The summed E-state index contributed by atoms with van der Waals surface area (Å²) in [6.45, 7) is 1.13. The van der Waals surface area contributed by atoms with E-state index in [0.29, 0.717) is 13.1 Å². The molecule has 0 aromatic rings. The van der Waals surface area contributed by atoms with Gasteiger partial charge in [0.1, 0.15) is 0 Å². The van der Waals surface area contributed by atoms with Gasteiger partial charge in [-0.1, -0.05) is 0 Å². The van der Waals surface area contributed by atoms with Crippen molar-refractivity contribution in [2.45, 2.75) is 0 Å². The molecule has 0 aromatic carbocycles. The first kappa shape index (κ1) is 12.2. The van der Waals surface area contributed by atoms with Crippen LogP contribution in [0.4, 0.5) is 0 Å². The highest BCUT2D eigenvalue weighted by Crippen LogP contribution is 1.97. The molecule has 4 nitrogen and oxygen atoms in total. The van der Waals surface area contributed by atoms with Gasteiger partial charge >= 0.3 is 0 Å². The summed E-state index contributed by atoms with van der Waals surface area (Å²) in [6, 6.07) is 0. The Labute approximate surface area is 78.9 Å². The standard InChI is InChI=1S/C6H15ClN2O2S/c1-8-4-5-9(2)12(10,11)6-3-7/h8H,3-6H2,1-2H3. The summed E-state index contributed by atoms with van der Waals surface area (Å²) in [5.74, 6) is 0.154. The van der Waals surface area contributed by atoms with Crippen molar-refractivity contribution in [3.63, 3.8) is 0 Å². The molecule has 0 aliphatic heterocycles. The minimum atomic E-state index is -3.12. The van der Waals surface area contributed by atoms with Gasteiger partial charge in [-0.25, -0.2) is 12.7 Å². The third-order valence-corrected chi connectivity index (χ3v) is 3.75. The highest BCUT2D eigenvalue weighted by Gasteiger charge is 2.15. The van der Waals surface area contributed by atoms with Gasteiger partial charge in [0.25, 0.3) is 0 Å². The van der Waals surface area contributed by atoms with E-state index in [1.807, 2.05) is 0 Å². The van der Waals surface area contributed by atoms with Gasteiger partial charge in [0.05, 0.1) is 5.75 Å². The number of nitrogens with one attached hydrogen (secondary N) is 1. The monoisotopic (exact) mass is 214 g/mol. The Kier molecular flexibility index (Phi) is 5.82. The highest BCUT2D eigenvalue weighted by molar-refractivity contribution is 7.89. The Balaban J connectivity index is 3.98. The maximum absolute atomic E-state index is 11.3. The van der Waals surface area contributed by atoms with Crippen LogP contribution in [0.2, 0.25) is 0 Å². The van der Waals surface area contributed by atoms with E-state index >= 15 is 0 Å². The molecule has 0 radical (unpaired) electrons. The quantitative estimate of drug-likeness (QED) is 0.618. The van der Waals surface area contributed by atoms with E-state index < -0.39 is 10.0 Å². The molecular formula is C6H15ClN2O2S. The number of rotatable bonds is 6.